The van der Waals surface area contributed by atoms with Crippen LogP contribution in [0, 0.1) is 5.82 Å². The van der Waals surface area contributed by atoms with Gasteiger partial charge in [0.1, 0.15) is 0 Å². The first-order valence-electron chi connectivity index (χ1n) is 5.31. The Labute approximate surface area is 99.6 Å². The number of halogens is 1. The van der Waals surface area contributed by atoms with Crippen molar-refractivity contribution in [2.75, 3.05) is 0 Å². The molecule has 0 saturated heterocycles. The number of nitrogens with one attached hydrogen (secondary N) is 1. The Hall–Kier alpha value is -1.62. The summed E-state index contributed by atoms with van der Waals surface area (Å²) in [5.41, 5.74) is 5.37. The average molecular weight is 240 g/mol. The van der Waals surface area contributed by atoms with Crippen molar-refractivity contribution in [1.29, 1.82) is 0 Å². The maximum Gasteiger partial charge on any atom is 0.219 e. The van der Waals surface area contributed by atoms with Crippen LogP contribution in [-0.2, 0) is 11.3 Å². The van der Waals surface area contributed by atoms with Crippen molar-refractivity contribution in [2.45, 2.75) is 32.4 Å². The molecule has 1 aromatic rings. The molecule has 0 aliphatic heterocycles. The van der Waals surface area contributed by atoms with Crippen LogP contribution in [-0.4, -0.2) is 16.6 Å². The first kappa shape index (κ1) is 13.4. The number of benzene rings is 1. The number of carbonyl (C=O) groups excluding carboxylic acids is 1. The summed E-state index contributed by atoms with van der Waals surface area (Å²) in [5, 5.41) is 12.1. The van der Waals surface area contributed by atoms with Crippen LogP contribution in [0.25, 0.3) is 0 Å². The van der Waals surface area contributed by atoms with Crippen molar-refractivity contribution in [3.63, 3.8) is 0 Å². The second kappa shape index (κ2) is 5.14. The van der Waals surface area contributed by atoms with Gasteiger partial charge in [0.2, 0.25) is 5.91 Å². The summed E-state index contributed by atoms with van der Waals surface area (Å²) in [6.45, 7) is 4.08. The average Bonchev–Trinajstić information content (AvgIpc) is 2.18. The highest BCUT2D eigenvalue weighted by molar-refractivity contribution is 5.74. The van der Waals surface area contributed by atoms with Gasteiger partial charge in [-0.25, -0.2) is 4.39 Å². The van der Waals surface area contributed by atoms with Gasteiger partial charge in [0, 0.05) is 18.5 Å². The van der Waals surface area contributed by atoms with E-state index in [0.29, 0.717) is 12.1 Å². The molecular weight excluding hydrogens is 223 g/mol. The van der Waals surface area contributed by atoms with Gasteiger partial charge in [-0.15, -0.1) is 0 Å². The van der Waals surface area contributed by atoms with E-state index in [-0.39, 0.29) is 18.1 Å². The molecule has 5 heteroatoms. The first-order valence-corrected chi connectivity index (χ1v) is 5.31. The number of nitrogens with two attached hydrogens (primary N) is 1. The Morgan fingerprint density at radius 2 is 2.18 bits per heavy atom. The smallest absolute Gasteiger partial charge is 0.219 e. The Morgan fingerprint density at radius 1 is 1.53 bits per heavy atom. The van der Waals surface area contributed by atoms with Gasteiger partial charge in [0.15, 0.2) is 11.6 Å². The van der Waals surface area contributed by atoms with Crippen LogP contribution in [0.4, 0.5) is 4.39 Å². The van der Waals surface area contributed by atoms with Crippen molar-refractivity contribution >= 4 is 5.91 Å². The van der Waals surface area contributed by atoms with Gasteiger partial charge in [-0.3, -0.25) is 4.79 Å². The van der Waals surface area contributed by atoms with E-state index in [1.54, 1.807) is 6.07 Å². The van der Waals surface area contributed by atoms with Gasteiger partial charge in [-0.1, -0.05) is 6.07 Å². The number of rotatable bonds is 5. The second-order valence-electron chi connectivity index (χ2n) is 4.67. The van der Waals surface area contributed by atoms with Crippen molar-refractivity contribution in [3.05, 3.63) is 29.6 Å². The van der Waals surface area contributed by atoms with E-state index in [1.165, 1.54) is 12.1 Å². The topological polar surface area (TPSA) is 75.4 Å². The molecule has 0 aliphatic carbocycles. The molecule has 0 aliphatic rings. The number of carbonyl (C=O) groups is 1. The fourth-order valence-corrected chi connectivity index (χ4v) is 1.50. The number of amides is 1. The predicted molar refractivity (Wildman–Crippen MR) is 62.8 cm³/mol. The maximum absolute atomic E-state index is 13.1. The van der Waals surface area contributed by atoms with Crippen LogP contribution in [0.2, 0.25) is 0 Å². The van der Waals surface area contributed by atoms with Gasteiger partial charge in [-0.2, -0.15) is 0 Å². The number of hydrogen-bond acceptors (Lipinski definition) is 3. The minimum absolute atomic E-state index is 0.202. The zero-order chi connectivity index (χ0) is 13.1. The van der Waals surface area contributed by atoms with Gasteiger partial charge in [0.05, 0.1) is 0 Å². The molecule has 17 heavy (non-hydrogen) atoms. The molecule has 94 valence electrons. The molecule has 1 aromatic carbocycles. The molecule has 0 spiro atoms. The molecule has 0 unspecified atom stereocenters. The van der Waals surface area contributed by atoms with E-state index < -0.39 is 11.4 Å². The lowest BCUT2D eigenvalue weighted by Crippen LogP contribution is -2.42. The Kier molecular flexibility index (Phi) is 4.07. The van der Waals surface area contributed by atoms with E-state index in [2.05, 4.69) is 5.32 Å². The maximum atomic E-state index is 13.1. The highest BCUT2D eigenvalue weighted by Crippen LogP contribution is 2.17. The molecule has 0 atom stereocenters. The molecule has 4 nitrogen and oxygen atoms in total. The Bertz CT molecular complexity index is 419. The summed E-state index contributed by atoms with van der Waals surface area (Å²) in [5.74, 6) is -1.42. The van der Waals surface area contributed by atoms with Crippen LogP contribution in [0.15, 0.2) is 18.2 Å². The zero-order valence-electron chi connectivity index (χ0n) is 9.96. The molecule has 1 rings (SSSR count). The molecule has 0 bridgehead atoms. The van der Waals surface area contributed by atoms with Crippen molar-refractivity contribution in [2.24, 2.45) is 5.73 Å². The molecule has 0 heterocycles. The van der Waals surface area contributed by atoms with Crippen LogP contribution < -0.4 is 11.1 Å². The van der Waals surface area contributed by atoms with Gasteiger partial charge < -0.3 is 16.2 Å². The van der Waals surface area contributed by atoms with E-state index >= 15 is 0 Å². The van der Waals surface area contributed by atoms with Crippen molar-refractivity contribution in [3.8, 4) is 5.75 Å². The third-order valence-electron chi connectivity index (χ3n) is 2.40. The van der Waals surface area contributed by atoms with Crippen molar-refractivity contribution in [1.82, 2.24) is 5.32 Å². The molecule has 0 saturated carbocycles. The second-order valence-corrected chi connectivity index (χ2v) is 4.67. The number of primary amides is 1. The number of phenolic OH excluding ortho intramolecular Hbond substituents is 1. The predicted octanol–water partition coefficient (Wildman–Crippen LogP) is 1.27. The fraction of sp³-hybridized carbons (Fsp3) is 0.417. The van der Waals surface area contributed by atoms with Gasteiger partial charge in [-0.05, 0) is 31.5 Å². The van der Waals surface area contributed by atoms with Gasteiger partial charge in [0.25, 0.3) is 0 Å². The summed E-state index contributed by atoms with van der Waals surface area (Å²) in [6, 6.07) is 4.17. The Balaban J connectivity index is 2.60. The first-order chi connectivity index (χ1) is 7.80. The highest BCUT2D eigenvalue weighted by atomic mass is 19.1. The van der Waals surface area contributed by atoms with E-state index in [4.69, 9.17) is 10.8 Å². The third kappa shape index (κ3) is 4.40. The van der Waals surface area contributed by atoms with Crippen LogP contribution in [0.5, 0.6) is 5.75 Å². The van der Waals surface area contributed by atoms with E-state index in [0.717, 1.165) is 0 Å². The summed E-state index contributed by atoms with van der Waals surface area (Å²) in [7, 11) is 0. The summed E-state index contributed by atoms with van der Waals surface area (Å²) in [6.07, 6.45) is 0.202. The SMILES string of the molecule is CC(C)(CC(N)=O)NCc1ccc(O)c(F)c1. The molecule has 0 aromatic heterocycles. The number of hydrogen-bond donors (Lipinski definition) is 3. The zero-order valence-corrected chi connectivity index (χ0v) is 9.96. The fourth-order valence-electron chi connectivity index (χ4n) is 1.50. The number of phenols is 1. The monoisotopic (exact) mass is 240 g/mol. The summed E-state index contributed by atoms with van der Waals surface area (Å²) < 4.78 is 13.1. The molecular formula is C12H17FN2O2. The largest absolute Gasteiger partial charge is 0.505 e. The quantitative estimate of drug-likeness (QED) is 0.725. The van der Waals surface area contributed by atoms with Crippen molar-refractivity contribution < 1.29 is 14.3 Å². The van der Waals surface area contributed by atoms with Crippen LogP contribution >= 0.6 is 0 Å². The lowest BCUT2D eigenvalue weighted by Gasteiger charge is -2.24. The molecule has 0 radical (unpaired) electrons. The van der Waals surface area contributed by atoms with E-state index in [1.807, 2.05) is 13.8 Å². The van der Waals surface area contributed by atoms with E-state index in [9.17, 15) is 9.18 Å². The summed E-state index contributed by atoms with van der Waals surface area (Å²) >= 11 is 0. The normalized spacial score (nSPS) is 11.5. The summed E-state index contributed by atoms with van der Waals surface area (Å²) in [4.78, 5) is 10.8. The number of aromatic hydroxyl groups is 1. The lowest BCUT2D eigenvalue weighted by molar-refractivity contribution is -0.119. The van der Waals surface area contributed by atoms with Gasteiger partial charge >= 0.3 is 0 Å². The van der Waals surface area contributed by atoms with Crippen LogP contribution in [0.1, 0.15) is 25.8 Å². The van der Waals surface area contributed by atoms with Crippen LogP contribution in [0.3, 0.4) is 0 Å². The Morgan fingerprint density at radius 3 is 2.71 bits per heavy atom. The standard InChI is InChI=1S/C12H17FN2O2/c1-12(2,6-11(14)17)15-7-8-3-4-10(16)9(13)5-8/h3-5,15-16H,6-7H2,1-2H3,(H2,14,17). The molecule has 0 fully saturated rings. The minimum Gasteiger partial charge on any atom is -0.505 e. The molecule has 1 amide bonds. The third-order valence-corrected chi connectivity index (χ3v) is 2.40. The highest BCUT2D eigenvalue weighted by Gasteiger charge is 2.19. The molecule has 4 N–H and O–H groups in total. The minimum atomic E-state index is -0.656. The lowest BCUT2D eigenvalue weighted by atomic mass is 10.00.